The molecule has 156 valence electrons. The number of nitrogens with zero attached hydrogens (tertiary/aromatic N) is 2. The molecule has 0 aliphatic carbocycles. The van der Waals surface area contributed by atoms with Crippen molar-refractivity contribution < 1.29 is 26.4 Å². The van der Waals surface area contributed by atoms with Crippen molar-refractivity contribution in [2.45, 2.75) is 29.5 Å². The number of ether oxygens (including phenoxy) is 1. The number of nitrogens with two attached hydrogens (primary N) is 1. The van der Waals surface area contributed by atoms with Gasteiger partial charge in [0.25, 0.3) is 0 Å². The number of hydrogen-bond acceptors (Lipinski definition) is 7. The van der Waals surface area contributed by atoms with Gasteiger partial charge in [0, 0.05) is 18.9 Å². The van der Waals surface area contributed by atoms with Gasteiger partial charge < -0.3 is 10.5 Å². The molecule has 1 aliphatic heterocycles. The van der Waals surface area contributed by atoms with Crippen LogP contribution < -0.4 is 10.5 Å². The molecule has 1 aromatic carbocycles. The van der Waals surface area contributed by atoms with E-state index in [1.807, 2.05) is 0 Å². The van der Waals surface area contributed by atoms with Crippen LogP contribution in [0.15, 0.2) is 53.7 Å². The second-order valence-corrected chi connectivity index (χ2v) is 11.7. The van der Waals surface area contributed by atoms with Gasteiger partial charge in [-0.2, -0.15) is 4.31 Å². The van der Waals surface area contributed by atoms with Gasteiger partial charge in [0.05, 0.1) is 15.4 Å². The number of carbonyl (C=O) groups excluding carboxylic acids is 1. The molecule has 3 rings (SSSR count). The van der Waals surface area contributed by atoms with Crippen LogP contribution in [-0.2, 0) is 24.7 Å². The minimum atomic E-state index is -4.16. The third-order valence-corrected chi connectivity index (χ3v) is 9.34. The van der Waals surface area contributed by atoms with Gasteiger partial charge in [-0.25, -0.2) is 16.8 Å². The van der Waals surface area contributed by atoms with Crippen LogP contribution in [0.1, 0.15) is 13.8 Å². The molecule has 1 atom stereocenters. The molecular weight excluding hydrogens is 418 g/mol. The Labute approximate surface area is 169 Å². The lowest BCUT2D eigenvalue weighted by molar-refractivity contribution is -0.122. The number of hydrogen-bond donors (Lipinski definition) is 1. The van der Waals surface area contributed by atoms with Gasteiger partial charge in [-0.3, -0.25) is 9.78 Å². The van der Waals surface area contributed by atoms with E-state index in [1.54, 1.807) is 24.5 Å². The predicted octanol–water partition coefficient (Wildman–Crippen LogP) is 0.926. The Balaban J connectivity index is 1.92. The standard InChI is InChI=1S/C18H21N3O6S2/c1-18(2)16(17(19)22)21(11-12-28(18,23)24)29(25,26)15-5-3-13(4-6-15)27-14-7-9-20-10-8-14/h3-10,16H,11-12H2,1-2H3,(H2,19,22)/t16-/m0/s1. The third-order valence-electron chi connectivity index (χ3n) is 4.91. The fraction of sp³-hybridized carbons (Fsp3) is 0.333. The van der Waals surface area contributed by atoms with Crippen LogP contribution in [0.3, 0.4) is 0 Å². The number of pyridine rings is 1. The molecule has 0 spiro atoms. The first-order valence-electron chi connectivity index (χ1n) is 8.68. The monoisotopic (exact) mass is 439 g/mol. The summed E-state index contributed by atoms with van der Waals surface area (Å²) in [6.07, 6.45) is 3.12. The molecule has 9 nitrogen and oxygen atoms in total. The highest BCUT2D eigenvalue weighted by Crippen LogP contribution is 2.34. The van der Waals surface area contributed by atoms with Gasteiger partial charge in [-0.05, 0) is 50.2 Å². The number of sulfonamides is 1. The first-order valence-corrected chi connectivity index (χ1v) is 11.8. The van der Waals surface area contributed by atoms with Crippen molar-refractivity contribution >= 4 is 25.8 Å². The zero-order chi connectivity index (χ0) is 21.4. The lowest BCUT2D eigenvalue weighted by atomic mass is 10.0. The third kappa shape index (κ3) is 3.85. The Morgan fingerprint density at radius 1 is 1.14 bits per heavy atom. The Morgan fingerprint density at radius 3 is 2.24 bits per heavy atom. The topological polar surface area (TPSA) is 137 Å². The van der Waals surface area contributed by atoms with E-state index in [0.29, 0.717) is 11.5 Å². The number of benzene rings is 1. The van der Waals surface area contributed by atoms with Gasteiger partial charge in [0.2, 0.25) is 15.9 Å². The molecular formula is C18H21N3O6S2. The minimum Gasteiger partial charge on any atom is -0.457 e. The summed E-state index contributed by atoms with van der Waals surface area (Å²) in [6, 6.07) is 7.40. The van der Waals surface area contributed by atoms with Gasteiger partial charge in [-0.15, -0.1) is 0 Å². The van der Waals surface area contributed by atoms with Crippen LogP contribution in [0, 0.1) is 0 Å². The summed E-state index contributed by atoms with van der Waals surface area (Å²) >= 11 is 0. The quantitative estimate of drug-likeness (QED) is 0.731. The molecule has 2 N–H and O–H groups in total. The van der Waals surface area contributed by atoms with E-state index >= 15 is 0 Å². The molecule has 29 heavy (non-hydrogen) atoms. The zero-order valence-electron chi connectivity index (χ0n) is 15.8. The molecule has 2 heterocycles. The molecule has 2 aromatic rings. The highest BCUT2D eigenvalue weighted by Gasteiger charge is 2.54. The minimum absolute atomic E-state index is 0.0964. The first kappa shape index (κ1) is 21.2. The Morgan fingerprint density at radius 2 is 1.69 bits per heavy atom. The zero-order valence-corrected chi connectivity index (χ0v) is 17.5. The lowest BCUT2D eigenvalue weighted by Gasteiger charge is -2.42. The smallest absolute Gasteiger partial charge is 0.243 e. The molecule has 1 aromatic heterocycles. The van der Waals surface area contributed by atoms with E-state index in [9.17, 15) is 21.6 Å². The molecule has 0 bridgehead atoms. The van der Waals surface area contributed by atoms with E-state index in [2.05, 4.69) is 4.98 Å². The summed E-state index contributed by atoms with van der Waals surface area (Å²) in [5.41, 5.74) is 5.40. The van der Waals surface area contributed by atoms with Crippen LogP contribution in [-0.4, -0.2) is 55.1 Å². The van der Waals surface area contributed by atoms with Crippen molar-refractivity contribution in [1.29, 1.82) is 0 Å². The van der Waals surface area contributed by atoms with Crippen LogP contribution in [0.2, 0.25) is 0 Å². The highest BCUT2D eigenvalue weighted by molar-refractivity contribution is 7.93. The average Bonchev–Trinajstić information content (AvgIpc) is 2.64. The van der Waals surface area contributed by atoms with E-state index in [4.69, 9.17) is 10.5 Å². The van der Waals surface area contributed by atoms with Crippen molar-refractivity contribution in [3.63, 3.8) is 0 Å². The number of amides is 1. The van der Waals surface area contributed by atoms with E-state index in [-0.39, 0.29) is 11.4 Å². The summed E-state index contributed by atoms with van der Waals surface area (Å²) in [6.45, 7) is 2.27. The summed E-state index contributed by atoms with van der Waals surface area (Å²) in [5.74, 6) is -0.471. The Bertz CT molecular complexity index is 1110. The molecule has 0 saturated carbocycles. The van der Waals surface area contributed by atoms with Crippen molar-refractivity contribution in [2.24, 2.45) is 5.73 Å². The maximum absolute atomic E-state index is 13.1. The Kier molecular flexibility index (Phi) is 5.41. The number of carbonyl (C=O) groups is 1. The molecule has 1 fully saturated rings. The number of primary amides is 1. The molecule has 1 saturated heterocycles. The van der Waals surface area contributed by atoms with E-state index < -0.39 is 42.3 Å². The molecule has 11 heteroatoms. The summed E-state index contributed by atoms with van der Waals surface area (Å²) in [4.78, 5) is 15.8. The summed E-state index contributed by atoms with van der Waals surface area (Å²) < 4.78 is 55.9. The number of rotatable bonds is 5. The summed E-state index contributed by atoms with van der Waals surface area (Å²) in [7, 11) is -7.87. The molecule has 0 radical (unpaired) electrons. The first-order chi connectivity index (χ1) is 13.5. The highest BCUT2D eigenvalue weighted by atomic mass is 32.2. The SMILES string of the molecule is CC1(C)[C@H](C(N)=O)N(S(=O)(=O)c2ccc(Oc3ccncc3)cc2)CCS1(=O)=O. The van der Waals surface area contributed by atoms with Crippen molar-refractivity contribution in [3.05, 3.63) is 48.8 Å². The summed E-state index contributed by atoms with van der Waals surface area (Å²) in [5, 5.41) is 0. The van der Waals surface area contributed by atoms with Crippen LogP contribution in [0.5, 0.6) is 11.5 Å². The van der Waals surface area contributed by atoms with Crippen LogP contribution in [0.25, 0.3) is 0 Å². The van der Waals surface area contributed by atoms with E-state index in [0.717, 1.165) is 4.31 Å². The van der Waals surface area contributed by atoms with Gasteiger partial charge >= 0.3 is 0 Å². The fourth-order valence-electron chi connectivity index (χ4n) is 3.22. The normalized spacial score (nSPS) is 21.4. The average molecular weight is 440 g/mol. The maximum atomic E-state index is 13.1. The second-order valence-electron chi connectivity index (χ2n) is 7.10. The Hall–Kier alpha value is -2.50. The number of sulfone groups is 1. The van der Waals surface area contributed by atoms with Crippen LogP contribution >= 0.6 is 0 Å². The lowest BCUT2D eigenvalue weighted by Crippen LogP contribution is -2.66. The van der Waals surface area contributed by atoms with Gasteiger partial charge in [0.1, 0.15) is 17.5 Å². The van der Waals surface area contributed by atoms with Crippen molar-refractivity contribution in [3.8, 4) is 11.5 Å². The second kappa shape index (κ2) is 7.39. The largest absolute Gasteiger partial charge is 0.457 e. The maximum Gasteiger partial charge on any atom is 0.243 e. The van der Waals surface area contributed by atoms with Gasteiger partial charge in [0.15, 0.2) is 9.84 Å². The van der Waals surface area contributed by atoms with Crippen molar-refractivity contribution in [2.75, 3.05) is 12.3 Å². The van der Waals surface area contributed by atoms with Gasteiger partial charge in [-0.1, -0.05) is 0 Å². The van der Waals surface area contributed by atoms with E-state index in [1.165, 1.54) is 38.1 Å². The fourth-order valence-corrected chi connectivity index (χ4v) is 6.68. The number of aromatic nitrogens is 1. The van der Waals surface area contributed by atoms with Crippen LogP contribution in [0.4, 0.5) is 0 Å². The molecule has 1 aliphatic rings. The molecule has 0 unspecified atom stereocenters. The predicted molar refractivity (Wildman–Crippen MR) is 105 cm³/mol. The van der Waals surface area contributed by atoms with Crippen molar-refractivity contribution in [1.82, 2.24) is 9.29 Å². The molecule has 1 amide bonds.